The van der Waals surface area contributed by atoms with Crippen molar-refractivity contribution < 1.29 is 29.0 Å². The monoisotopic (exact) mass is 488 g/mol. The molecule has 2 amide bonds. The van der Waals surface area contributed by atoms with E-state index in [-0.39, 0.29) is 37.6 Å². The normalized spacial score (nSPS) is 34.1. The molecule has 194 valence electrons. The summed E-state index contributed by atoms with van der Waals surface area (Å²) in [5.74, 6) is -2.34. The van der Waals surface area contributed by atoms with E-state index in [9.17, 15) is 19.5 Å². The van der Waals surface area contributed by atoms with Crippen molar-refractivity contribution in [3.05, 3.63) is 25.3 Å². The number of aliphatic hydroxyl groups is 1. The minimum atomic E-state index is -1.06. The topological polar surface area (TPSA) is 96.4 Å². The van der Waals surface area contributed by atoms with Crippen molar-refractivity contribution >= 4 is 17.8 Å². The van der Waals surface area contributed by atoms with Crippen LogP contribution in [0.1, 0.15) is 64.7 Å². The Kier molecular flexibility index (Phi) is 7.71. The van der Waals surface area contributed by atoms with Crippen LogP contribution in [0.4, 0.5) is 0 Å². The van der Waals surface area contributed by atoms with E-state index in [0.29, 0.717) is 32.2 Å². The molecule has 3 aliphatic heterocycles. The lowest BCUT2D eigenvalue weighted by Crippen LogP contribution is -2.58. The summed E-state index contributed by atoms with van der Waals surface area (Å²) in [4.78, 5) is 44.9. The quantitative estimate of drug-likeness (QED) is 0.273. The molecule has 4 aliphatic rings. The highest BCUT2D eigenvalue weighted by Gasteiger charge is 2.78. The molecule has 0 aromatic carbocycles. The Bertz CT molecular complexity index is 855. The van der Waals surface area contributed by atoms with Crippen LogP contribution < -0.4 is 0 Å². The van der Waals surface area contributed by atoms with Gasteiger partial charge in [-0.1, -0.05) is 31.4 Å². The number of nitrogens with zero attached hydrogens (tertiary/aromatic N) is 2. The molecule has 1 aliphatic carbocycles. The second kappa shape index (κ2) is 10.4. The van der Waals surface area contributed by atoms with Crippen molar-refractivity contribution in [3.63, 3.8) is 0 Å². The van der Waals surface area contributed by atoms with E-state index in [1.165, 1.54) is 6.42 Å². The van der Waals surface area contributed by atoms with Crippen LogP contribution >= 0.6 is 0 Å². The van der Waals surface area contributed by atoms with Gasteiger partial charge in [-0.25, -0.2) is 0 Å². The molecule has 35 heavy (non-hydrogen) atoms. The average molecular weight is 489 g/mol. The van der Waals surface area contributed by atoms with Gasteiger partial charge in [0.05, 0.1) is 18.1 Å². The van der Waals surface area contributed by atoms with Gasteiger partial charge in [-0.15, -0.1) is 13.2 Å². The molecular formula is C27H40N2O6. The first-order valence-corrected chi connectivity index (χ1v) is 13.1. The van der Waals surface area contributed by atoms with Crippen LogP contribution in [0.15, 0.2) is 25.3 Å². The zero-order valence-electron chi connectivity index (χ0n) is 21.0. The second-order valence-corrected chi connectivity index (χ2v) is 10.7. The van der Waals surface area contributed by atoms with Crippen molar-refractivity contribution in [2.24, 2.45) is 11.8 Å². The van der Waals surface area contributed by atoms with Gasteiger partial charge in [0.25, 0.3) is 0 Å². The van der Waals surface area contributed by atoms with E-state index in [2.05, 4.69) is 13.2 Å². The molecule has 2 bridgehead atoms. The first kappa shape index (κ1) is 25.9. The zero-order valence-corrected chi connectivity index (χ0v) is 21.0. The number of esters is 1. The summed E-state index contributed by atoms with van der Waals surface area (Å²) in [5.41, 5.74) is -1.91. The largest absolute Gasteiger partial charge is 0.465 e. The Labute approximate surface area is 208 Å². The SMILES string of the molecule is C=CCCOC(=O)[C@@H]1[C@H]2C(=O)N(CCCO)C(C(=O)N(CC=C)C3CCCCC3)C23CC[C@@]1(C)O3. The number of carbonyl (C=O) groups is 3. The molecular weight excluding hydrogens is 448 g/mol. The summed E-state index contributed by atoms with van der Waals surface area (Å²) in [6, 6.07) is -0.713. The molecule has 8 nitrogen and oxygen atoms in total. The van der Waals surface area contributed by atoms with Crippen LogP contribution in [0.3, 0.4) is 0 Å². The van der Waals surface area contributed by atoms with E-state index in [1.807, 2.05) is 11.8 Å². The Hall–Kier alpha value is -2.19. The fourth-order valence-corrected chi connectivity index (χ4v) is 6.98. The van der Waals surface area contributed by atoms with E-state index in [1.54, 1.807) is 17.1 Å². The van der Waals surface area contributed by atoms with E-state index in [0.717, 1.165) is 25.7 Å². The van der Waals surface area contributed by atoms with Crippen LogP contribution in [-0.2, 0) is 23.9 Å². The van der Waals surface area contributed by atoms with Crippen molar-refractivity contribution in [3.8, 4) is 0 Å². The van der Waals surface area contributed by atoms with Crippen LogP contribution in [0.5, 0.6) is 0 Å². The third-order valence-electron chi connectivity index (χ3n) is 8.51. The van der Waals surface area contributed by atoms with E-state index >= 15 is 0 Å². The van der Waals surface area contributed by atoms with Crippen LogP contribution in [0.2, 0.25) is 0 Å². The lowest BCUT2D eigenvalue weighted by molar-refractivity contribution is -0.160. The van der Waals surface area contributed by atoms with Gasteiger partial charge in [-0.3, -0.25) is 14.4 Å². The van der Waals surface area contributed by atoms with Crippen molar-refractivity contribution in [1.82, 2.24) is 9.80 Å². The molecule has 8 heteroatoms. The summed E-state index contributed by atoms with van der Waals surface area (Å²) in [6.07, 6.45) is 10.6. The molecule has 1 N–H and O–H groups in total. The minimum absolute atomic E-state index is 0.0903. The zero-order chi connectivity index (χ0) is 25.2. The Balaban J connectivity index is 1.70. The number of fused-ring (bicyclic) bond motifs is 1. The van der Waals surface area contributed by atoms with Gasteiger partial charge in [0, 0.05) is 25.7 Å². The number of hydrogen-bond acceptors (Lipinski definition) is 6. The lowest BCUT2D eigenvalue weighted by atomic mass is 9.66. The number of rotatable bonds is 11. The summed E-state index contributed by atoms with van der Waals surface area (Å²) in [6.45, 7) is 10.2. The average Bonchev–Trinajstić information content (AvgIpc) is 3.42. The number of hydrogen-bond donors (Lipinski definition) is 1. The third-order valence-corrected chi connectivity index (χ3v) is 8.51. The van der Waals surface area contributed by atoms with Crippen molar-refractivity contribution in [2.75, 3.05) is 26.3 Å². The number of amides is 2. The molecule has 5 atom stereocenters. The van der Waals surface area contributed by atoms with E-state index in [4.69, 9.17) is 9.47 Å². The number of aliphatic hydroxyl groups excluding tert-OH is 1. The van der Waals surface area contributed by atoms with Crippen LogP contribution in [0, 0.1) is 11.8 Å². The molecule has 0 aromatic rings. The predicted octanol–water partition coefficient (Wildman–Crippen LogP) is 2.60. The van der Waals surface area contributed by atoms with Crippen molar-refractivity contribution in [2.45, 2.75) is 88.0 Å². The second-order valence-electron chi connectivity index (χ2n) is 10.7. The summed E-state index contributed by atoms with van der Waals surface area (Å²) in [5, 5.41) is 9.51. The highest BCUT2D eigenvalue weighted by Crippen LogP contribution is 2.63. The molecule has 3 saturated heterocycles. The summed E-state index contributed by atoms with van der Waals surface area (Å²) < 4.78 is 12.1. The van der Waals surface area contributed by atoms with Gasteiger partial charge in [0.1, 0.15) is 17.6 Å². The first-order chi connectivity index (χ1) is 16.8. The Morgan fingerprint density at radius 3 is 2.63 bits per heavy atom. The minimum Gasteiger partial charge on any atom is -0.465 e. The molecule has 1 spiro atoms. The van der Waals surface area contributed by atoms with Crippen LogP contribution in [-0.4, -0.2) is 82.3 Å². The summed E-state index contributed by atoms with van der Waals surface area (Å²) >= 11 is 0. The fraction of sp³-hybridized carbons (Fsp3) is 0.741. The Morgan fingerprint density at radius 1 is 1.23 bits per heavy atom. The maximum Gasteiger partial charge on any atom is 0.312 e. The number of carbonyl (C=O) groups excluding carboxylic acids is 3. The molecule has 1 saturated carbocycles. The van der Waals surface area contributed by atoms with Gasteiger partial charge < -0.3 is 24.4 Å². The highest BCUT2D eigenvalue weighted by atomic mass is 16.6. The maximum atomic E-state index is 14.3. The van der Waals surface area contributed by atoms with Gasteiger partial charge in [-0.2, -0.15) is 0 Å². The lowest BCUT2D eigenvalue weighted by Gasteiger charge is -2.40. The molecule has 3 heterocycles. The van der Waals surface area contributed by atoms with Gasteiger partial charge in [0.15, 0.2) is 0 Å². The molecule has 0 radical (unpaired) electrons. The Morgan fingerprint density at radius 2 is 1.97 bits per heavy atom. The third kappa shape index (κ3) is 4.33. The first-order valence-electron chi connectivity index (χ1n) is 13.1. The molecule has 2 unspecified atom stereocenters. The fourth-order valence-electron chi connectivity index (χ4n) is 6.98. The van der Waals surface area contributed by atoms with Crippen LogP contribution in [0.25, 0.3) is 0 Å². The highest BCUT2D eigenvalue weighted by molar-refractivity contribution is 5.98. The number of likely N-dealkylation sites (tertiary alicyclic amines) is 1. The van der Waals surface area contributed by atoms with Gasteiger partial charge in [-0.05, 0) is 45.4 Å². The maximum absolute atomic E-state index is 14.3. The smallest absolute Gasteiger partial charge is 0.312 e. The summed E-state index contributed by atoms with van der Waals surface area (Å²) in [7, 11) is 0. The van der Waals surface area contributed by atoms with Crippen molar-refractivity contribution in [1.29, 1.82) is 0 Å². The number of ether oxygens (including phenoxy) is 2. The molecule has 4 fully saturated rings. The predicted molar refractivity (Wildman–Crippen MR) is 130 cm³/mol. The standard InChI is InChI=1S/C27H40N2O6/c1-4-6-18-34-25(33)21-20-23(31)29(16-10-17-30)22(27(20)14-13-26(21,3)35-27)24(32)28(15-5-2)19-11-8-7-9-12-19/h4-5,19-22,30H,1-2,6-18H2,3H3/t20-,21-,22?,26+,27?/m0/s1. The van der Waals surface area contributed by atoms with Gasteiger partial charge >= 0.3 is 5.97 Å². The molecule has 0 aromatic heterocycles. The van der Waals surface area contributed by atoms with E-state index < -0.39 is 35.0 Å². The van der Waals surface area contributed by atoms with Gasteiger partial charge in [0.2, 0.25) is 11.8 Å². The molecule has 4 rings (SSSR count).